The number of rotatable bonds is 2. The molecule has 4 N–H and O–H groups in total. The molecule has 0 unspecified atom stereocenters. The predicted molar refractivity (Wildman–Crippen MR) is 217 cm³/mol. The maximum absolute atomic E-state index is 13.0. The number of hydrogen-bond acceptors (Lipinski definition) is 10. The Morgan fingerprint density at radius 3 is 1.00 bits per heavy atom. The summed E-state index contributed by atoms with van der Waals surface area (Å²) < 4.78 is 69.4. The summed E-state index contributed by atoms with van der Waals surface area (Å²) in [6.45, 7) is 0. The topological polar surface area (TPSA) is 246 Å². The van der Waals surface area contributed by atoms with Crippen LogP contribution in [-0.4, -0.2) is 94.8 Å². The van der Waals surface area contributed by atoms with Crippen molar-refractivity contribution in [2.24, 2.45) is 0 Å². The van der Waals surface area contributed by atoms with Crippen molar-refractivity contribution >= 4 is 156 Å². The first kappa shape index (κ1) is 38.5. The molecule has 0 aliphatic heterocycles. The molecule has 0 saturated carbocycles. The summed E-state index contributed by atoms with van der Waals surface area (Å²) in [7, 11) is -9.56. The molecule has 10 rings (SSSR count). The molecule has 6 aromatic carbocycles. The number of aromatic amines is 4. The van der Waals surface area contributed by atoms with Gasteiger partial charge in [0.25, 0.3) is 0 Å². The van der Waals surface area contributed by atoms with Crippen molar-refractivity contribution in [1.29, 1.82) is 0 Å². The summed E-state index contributed by atoms with van der Waals surface area (Å²) in [5.41, 5.74) is 1.45. The molecule has 0 aliphatic rings. The van der Waals surface area contributed by atoms with E-state index in [-0.39, 0.29) is 103 Å². The van der Waals surface area contributed by atoms with Gasteiger partial charge in [0, 0.05) is 54.1 Å². The van der Waals surface area contributed by atoms with Gasteiger partial charge in [-0.05, 0) is 72.8 Å². The third-order valence-corrected chi connectivity index (χ3v) is 11.5. The Labute approximate surface area is 358 Å². The summed E-state index contributed by atoms with van der Waals surface area (Å²) in [6.07, 6.45) is 0. The Kier molecular flexibility index (Phi) is 9.38. The summed E-state index contributed by atoms with van der Waals surface area (Å²) in [4.78, 5) is 62.6. The average molecular weight is 920 g/mol. The van der Waals surface area contributed by atoms with E-state index in [1.807, 2.05) is 0 Å². The quantitative estimate of drug-likeness (QED) is 0.105. The maximum atomic E-state index is 13.0. The van der Waals surface area contributed by atoms with Crippen LogP contribution in [-0.2, 0) is 20.2 Å². The number of aromatic nitrogens is 4. The Bertz CT molecular complexity index is 3620. The van der Waals surface area contributed by atoms with Gasteiger partial charge in [0.1, 0.15) is 20.2 Å². The number of hydrogen-bond donors (Lipinski definition) is 4. The van der Waals surface area contributed by atoms with Gasteiger partial charge in [0.05, 0.1) is 42.9 Å². The molecule has 276 valence electrons. The Hall–Kier alpha value is -5.41. The molecule has 4 aromatic heterocycles. The SMILES string of the molecule is O=c1c2ccccc2[nH]c2cc3c(=O)c4cccc(S(=O)(=O)[O-])c4[nH]c3cc12.O=c1c2ccccc2[nH]c2cc3c(=O)c4cccc(S(=O)(=O)[O-])c4[nH]c3cc12.[Ba+2]. The van der Waals surface area contributed by atoms with Gasteiger partial charge >= 0.3 is 48.9 Å². The van der Waals surface area contributed by atoms with Gasteiger partial charge in [-0.1, -0.05) is 36.4 Å². The number of nitrogens with one attached hydrogen (secondary N) is 4. The first-order valence-corrected chi connectivity index (χ1v) is 19.5. The molecule has 0 amide bonds. The summed E-state index contributed by atoms with van der Waals surface area (Å²) >= 11 is 0. The molecule has 0 spiro atoms. The van der Waals surface area contributed by atoms with Crippen LogP contribution in [0, 0.1) is 0 Å². The van der Waals surface area contributed by atoms with E-state index in [0.29, 0.717) is 43.6 Å². The Morgan fingerprint density at radius 1 is 0.351 bits per heavy atom. The third-order valence-electron chi connectivity index (χ3n) is 9.78. The van der Waals surface area contributed by atoms with Crippen LogP contribution >= 0.6 is 0 Å². The molecule has 10 aromatic rings. The van der Waals surface area contributed by atoms with Gasteiger partial charge in [-0.25, -0.2) is 16.8 Å². The van der Waals surface area contributed by atoms with E-state index >= 15 is 0 Å². The minimum absolute atomic E-state index is 0. The van der Waals surface area contributed by atoms with E-state index < -0.39 is 40.9 Å². The second kappa shape index (κ2) is 13.9. The van der Waals surface area contributed by atoms with E-state index in [2.05, 4.69) is 19.9 Å². The van der Waals surface area contributed by atoms with Crippen LogP contribution in [0.2, 0.25) is 0 Å². The minimum atomic E-state index is -4.78. The number of H-pyrrole nitrogens is 4. The van der Waals surface area contributed by atoms with E-state index in [1.165, 1.54) is 36.4 Å². The minimum Gasteiger partial charge on any atom is -0.744 e. The van der Waals surface area contributed by atoms with Crippen LogP contribution in [0.15, 0.2) is 138 Å². The van der Waals surface area contributed by atoms with Crippen molar-refractivity contribution in [2.75, 3.05) is 0 Å². The molecule has 0 radical (unpaired) electrons. The fraction of sp³-hybridized carbons (Fsp3) is 0. The molecular weight excluding hydrogens is 898 g/mol. The standard InChI is InChI=1S/2C20H12N2O5S.Ba/c2*23-19-10-4-1-2-6-14(10)21-15-8-13-16(9-12(15)19)22-18-11(20(13)24)5-3-7-17(18)28(25,26)27;/h2*1-9H,(H,21,23)(H,22,24)(H,25,26,27);/q;;+2/p-2. The molecule has 0 saturated heterocycles. The molecule has 0 fully saturated rings. The Balaban J connectivity index is 0.000000157. The largest absolute Gasteiger partial charge is 2.00 e. The van der Waals surface area contributed by atoms with Crippen LogP contribution in [0.4, 0.5) is 0 Å². The monoisotopic (exact) mass is 920 g/mol. The molecule has 57 heavy (non-hydrogen) atoms. The van der Waals surface area contributed by atoms with E-state index in [1.54, 1.807) is 60.7 Å². The fourth-order valence-corrected chi connectivity index (χ4v) is 8.51. The third kappa shape index (κ3) is 6.40. The van der Waals surface area contributed by atoms with Crippen LogP contribution in [0.1, 0.15) is 0 Å². The van der Waals surface area contributed by atoms with Gasteiger partial charge in [-0.15, -0.1) is 0 Å². The normalized spacial score (nSPS) is 12.1. The second-order valence-electron chi connectivity index (χ2n) is 13.1. The van der Waals surface area contributed by atoms with Crippen LogP contribution in [0.5, 0.6) is 0 Å². The van der Waals surface area contributed by atoms with Crippen molar-refractivity contribution < 1.29 is 25.9 Å². The van der Waals surface area contributed by atoms with Gasteiger partial charge < -0.3 is 29.0 Å². The zero-order chi connectivity index (χ0) is 39.3. The second-order valence-corrected chi connectivity index (χ2v) is 15.8. The molecule has 17 heteroatoms. The Morgan fingerprint density at radius 2 is 0.649 bits per heavy atom. The smallest absolute Gasteiger partial charge is 0.744 e. The summed E-state index contributed by atoms with van der Waals surface area (Å²) in [5, 5.41) is 2.45. The van der Waals surface area contributed by atoms with Gasteiger partial charge in [-0.3, -0.25) is 19.2 Å². The number of fused-ring (bicyclic) bond motifs is 8. The van der Waals surface area contributed by atoms with Crippen molar-refractivity contribution in [3.05, 3.63) is 150 Å². The zero-order valence-electron chi connectivity index (χ0n) is 29.0. The van der Waals surface area contributed by atoms with Crippen molar-refractivity contribution in [3.63, 3.8) is 0 Å². The molecular formula is C40H22BaN4O10S2. The van der Waals surface area contributed by atoms with Gasteiger partial charge in [0.15, 0.2) is 21.7 Å². The molecule has 14 nitrogen and oxygen atoms in total. The first-order valence-electron chi connectivity index (χ1n) is 16.7. The molecule has 0 bridgehead atoms. The number of benzene rings is 6. The van der Waals surface area contributed by atoms with Crippen molar-refractivity contribution in [3.8, 4) is 0 Å². The fourth-order valence-electron chi connectivity index (χ4n) is 7.20. The number of pyridine rings is 4. The summed E-state index contributed by atoms with van der Waals surface area (Å²) in [6, 6.07) is 28.1. The van der Waals surface area contributed by atoms with Gasteiger partial charge in [0.2, 0.25) is 0 Å². The van der Waals surface area contributed by atoms with E-state index in [0.717, 1.165) is 12.1 Å². The first-order chi connectivity index (χ1) is 26.7. The predicted octanol–water partition coefficient (Wildman–Crippen LogP) is 4.78. The van der Waals surface area contributed by atoms with Crippen LogP contribution < -0.4 is 21.7 Å². The average Bonchev–Trinajstić information content (AvgIpc) is 3.17. The van der Waals surface area contributed by atoms with Crippen LogP contribution in [0.3, 0.4) is 0 Å². The molecule has 0 atom stereocenters. The van der Waals surface area contributed by atoms with E-state index in [9.17, 15) is 45.1 Å². The van der Waals surface area contributed by atoms with E-state index in [4.69, 9.17) is 0 Å². The van der Waals surface area contributed by atoms with Crippen molar-refractivity contribution in [1.82, 2.24) is 19.9 Å². The molecule has 4 heterocycles. The number of para-hydroxylation sites is 4. The maximum Gasteiger partial charge on any atom is 2.00 e. The molecule has 0 aliphatic carbocycles. The zero-order valence-corrected chi connectivity index (χ0v) is 35.1. The summed E-state index contributed by atoms with van der Waals surface area (Å²) in [5.74, 6) is 0. The van der Waals surface area contributed by atoms with Gasteiger partial charge in [-0.2, -0.15) is 0 Å². The van der Waals surface area contributed by atoms with Crippen LogP contribution in [0.25, 0.3) is 87.2 Å². The van der Waals surface area contributed by atoms with Crippen molar-refractivity contribution in [2.45, 2.75) is 9.79 Å².